The Morgan fingerprint density at radius 1 is 0.915 bits per heavy atom. The van der Waals surface area contributed by atoms with Gasteiger partial charge >= 0.3 is 5.97 Å². The van der Waals surface area contributed by atoms with Crippen LogP contribution in [0.2, 0.25) is 0 Å². The molecule has 1 aromatic rings. The number of anilines is 1. The van der Waals surface area contributed by atoms with E-state index in [1.807, 2.05) is 36.4 Å². The minimum atomic E-state index is -0.359. The molecule has 9 nitrogen and oxygen atoms in total. The van der Waals surface area contributed by atoms with E-state index in [1.165, 1.54) is 17.3 Å². The number of benzene rings is 1. The summed E-state index contributed by atoms with van der Waals surface area (Å²) >= 11 is 1.50. The lowest BCUT2D eigenvalue weighted by molar-refractivity contribution is -0.154. The van der Waals surface area contributed by atoms with Crippen molar-refractivity contribution in [3.05, 3.63) is 42.0 Å². The average Bonchev–Trinajstić information content (AvgIpc) is 3.61. The first-order valence-corrected chi connectivity index (χ1v) is 18.3. The van der Waals surface area contributed by atoms with E-state index in [1.54, 1.807) is 12.4 Å². The summed E-state index contributed by atoms with van der Waals surface area (Å²) in [5, 5.41) is 11.6. The van der Waals surface area contributed by atoms with Crippen LogP contribution in [0.1, 0.15) is 110 Å². The summed E-state index contributed by atoms with van der Waals surface area (Å²) in [5.74, 6) is 1.90. The Morgan fingerprint density at radius 2 is 1.62 bits per heavy atom. The number of carbonyl (C=O) groups is 5. The van der Waals surface area contributed by atoms with Crippen molar-refractivity contribution in [3.8, 4) is 0 Å². The Balaban J connectivity index is 0.000000201. The summed E-state index contributed by atoms with van der Waals surface area (Å²) in [7, 11) is 0. The third-order valence-electron chi connectivity index (χ3n) is 11.6. The molecule has 10 heteroatoms. The van der Waals surface area contributed by atoms with Gasteiger partial charge in [0, 0.05) is 49.5 Å². The van der Waals surface area contributed by atoms with Crippen molar-refractivity contribution >= 4 is 46.1 Å². The molecular formula is C37H50N2O7S. The van der Waals surface area contributed by atoms with E-state index < -0.39 is 0 Å². The number of amides is 2. The van der Waals surface area contributed by atoms with Gasteiger partial charge in [0.2, 0.25) is 11.8 Å². The van der Waals surface area contributed by atoms with E-state index in [0.29, 0.717) is 49.4 Å². The van der Waals surface area contributed by atoms with Gasteiger partial charge in [-0.15, -0.1) is 0 Å². The van der Waals surface area contributed by atoms with Crippen LogP contribution < -0.4 is 10.8 Å². The second kappa shape index (κ2) is 15.5. The largest absolute Gasteiger partial charge is 0.459 e. The zero-order valence-corrected chi connectivity index (χ0v) is 28.6. The molecule has 2 amide bonds. The number of nitrogens with one attached hydrogen (secondary N) is 2. The molecule has 256 valence electrons. The predicted molar refractivity (Wildman–Crippen MR) is 180 cm³/mol. The molecule has 7 atom stereocenters. The molecule has 1 heterocycles. The van der Waals surface area contributed by atoms with Crippen LogP contribution in [0.15, 0.2) is 42.0 Å². The Bertz CT molecular complexity index is 1370. The molecule has 6 rings (SSSR count). The van der Waals surface area contributed by atoms with Crippen molar-refractivity contribution < 1.29 is 33.9 Å². The highest BCUT2D eigenvalue weighted by Crippen LogP contribution is 2.66. The van der Waals surface area contributed by atoms with Crippen molar-refractivity contribution in [1.82, 2.24) is 5.48 Å². The first-order chi connectivity index (χ1) is 22.5. The maximum Gasteiger partial charge on any atom is 0.306 e. The highest BCUT2D eigenvalue weighted by molar-refractivity contribution is 8.14. The van der Waals surface area contributed by atoms with E-state index in [9.17, 15) is 24.0 Å². The number of fused-ring (bicyclic) bond motifs is 6. The number of allylic oxidation sites excluding steroid dienone is 1. The molecule has 1 saturated heterocycles. The summed E-state index contributed by atoms with van der Waals surface area (Å²) in [4.78, 5) is 58.5. The molecular weight excluding hydrogens is 616 g/mol. The zero-order chi connectivity index (χ0) is 33.6. The molecule has 4 aliphatic carbocycles. The Kier molecular flexibility index (Phi) is 11.6. The number of hydrogen-bond acceptors (Lipinski definition) is 8. The highest BCUT2D eigenvalue weighted by Gasteiger charge is 2.63. The Labute approximate surface area is 282 Å². The first kappa shape index (κ1) is 35.3. The second-order valence-corrected chi connectivity index (χ2v) is 15.8. The van der Waals surface area contributed by atoms with E-state index in [2.05, 4.69) is 12.2 Å². The average molecular weight is 667 g/mol. The molecule has 0 unspecified atom stereocenters. The molecule has 1 aromatic carbocycles. The van der Waals surface area contributed by atoms with Crippen LogP contribution in [-0.4, -0.2) is 44.7 Å². The van der Waals surface area contributed by atoms with Gasteiger partial charge in [-0.25, -0.2) is 5.48 Å². The molecule has 3 saturated carbocycles. The number of carbonyl (C=O) groups excluding carboxylic acids is 5. The van der Waals surface area contributed by atoms with Gasteiger partial charge in [0.05, 0.1) is 0 Å². The number of ether oxygens (including phenoxy) is 1. The van der Waals surface area contributed by atoms with Gasteiger partial charge in [0.15, 0.2) is 10.9 Å². The van der Waals surface area contributed by atoms with Crippen molar-refractivity contribution in [1.29, 1.82) is 0 Å². The minimum Gasteiger partial charge on any atom is -0.459 e. The van der Waals surface area contributed by atoms with Crippen LogP contribution >= 0.6 is 11.8 Å². The summed E-state index contributed by atoms with van der Waals surface area (Å²) in [6, 6.07) is 9.36. The van der Waals surface area contributed by atoms with Gasteiger partial charge < -0.3 is 10.1 Å². The molecule has 3 N–H and O–H groups in total. The number of esters is 1. The van der Waals surface area contributed by atoms with E-state index >= 15 is 0 Å². The number of unbranched alkanes of at least 4 members (excludes halogenated alkanes) is 3. The van der Waals surface area contributed by atoms with Crippen molar-refractivity contribution in [2.24, 2.45) is 29.1 Å². The monoisotopic (exact) mass is 666 g/mol. The van der Waals surface area contributed by atoms with Gasteiger partial charge in [-0.2, -0.15) is 0 Å². The highest BCUT2D eigenvalue weighted by atomic mass is 32.2. The predicted octanol–water partition coefficient (Wildman–Crippen LogP) is 6.93. The molecule has 1 aliphatic heterocycles. The van der Waals surface area contributed by atoms with Crippen LogP contribution in [0.5, 0.6) is 0 Å². The molecule has 0 aromatic heterocycles. The summed E-state index contributed by atoms with van der Waals surface area (Å²) < 4.78 is 5.95. The topological polar surface area (TPSA) is 139 Å². The van der Waals surface area contributed by atoms with Gasteiger partial charge in [-0.05, 0) is 99.2 Å². The maximum atomic E-state index is 12.1. The van der Waals surface area contributed by atoms with Crippen LogP contribution in [0.4, 0.5) is 5.69 Å². The lowest BCUT2D eigenvalue weighted by atomic mass is 9.49. The molecule has 0 bridgehead atoms. The first-order valence-electron chi connectivity index (χ1n) is 17.5. The number of thioether (sulfide) groups is 1. The third kappa shape index (κ3) is 8.19. The number of hydroxylamine groups is 1. The lowest BCUT2D eigenvalue weighted by Gasteiger charge is -2.58. The van der Waals surface area contributed by atoms with Crippen LogP contribution in [0.3, 0.4) is 0 Å². The molecule has 47 heavy (non-hydrogen) atoms. The van der Waals surface area contributed by atoms with Crippen molar-refractivity contribution in [2.75, 3.05) is 5.32 Å². The SMILES string of the molecule is CC(=O)S[C@@H]1CC2=CC(=O)CC[C@]2(C)[C@H]2CC[C@H]3[C@@H](CC[C@@]34CCC(=O)O4)[C@H]12.O=C(CCCCCCC(=O)Nc1ccccc1)NO. The smallest absolute Gasteiger partial charge is 0.306 e. The van der Waals surface area contributed by atoms with Crippen LogP contribution in [0.25, 0.3) is 0 Å². The van der Waals surface area contributed by atoms with E-state index in [-0.39, 0.29) is 44.9 Å². The van der Waals surface area contributed by atoms with E-state index in [0.717, 1.165) is 76.3 Å². The Morgan fingerprint density at radius 3 is 2.28 bits per heavy atom. The molecule has 1 spiro atoms. The zero-order valence-electron chi connectivity index (χ0n) is 27.8. The summed E-state index contributed by atoms with van der Waals surface area (Å²) in [6.45, 7) is 4.04. The van der Waals surface area contributed by atoms with Crippen molar-refractivity contribution in [2.45, 2.75) is 121 Å². The number of ketones is 1. The fourth-order valence-corrected chi connectivity index (χ4v) is 10.7. The van der Waals surface area contributed by atoms with Crippen LogP contribution in [-0.2, 0) is 28.7 Å². The fraction of sp³-hybridized carbons (Fsp3) is 0.649. The fourth-order valence-electron chi connectivity index (χ4n) is 9.44. The second-order valence-electron chi connectivity index (χ2n) is 14.4. The summed E-state index contributed by atoms with van der Waals surface area (Å²) in [6.07, 6.45) is 14.3. The third-order valence-corrected chi connectivity index (χ3v) is 12.7. The standard InChI is InChI=1S/C23H30O4S.C14H20N2O3/c1-13(24)28-19-12-14-11-15(25)5-8-22(14,2)18-4-3-17-16(21(18)19)6-9-23(17)10-7-20(26)27-23;17-13(15-12-8-4-3-5-9-12)10-6-1-2-7-11-14(18)16-19/h11,16-19,21H,3-10,12H2,1-2H3;3-5,8-9,19H,1-2,6-7,10-11H2,(H,15,17)(H,16,18)/t16-,17+,18+,19-,21+,22+,23-;/m1./s1. The van der Waals surface area contributed by atoms with Gasteiger partial charge in [0.1, 0.15) is 5.60 Å². The minimum absolute atomic E-state index is 0.0132. The van der Waals surface area contributed by atoms with Gasteiger partial charge in [-0.1, -0.05) is 55.3 Å². The quantitative estimate of drug-likeness (QED) is 0.112. The summed E-state index contributed by atoms with van der Waals surface area (Å²) in [5.41, 5.74) is 3.58. The number of hydrogen-bond donors (Lipinski definition) is 3. The molecule has 0 radical (unpaired) electrons. The maximum absolute atomic E-state index is 12.1. The van der Waals surface area contributed by atoms with E-state index in [4.69, 9.17) is 9.94 Å². The molecule has 4 fully saturated rings. The Hall–Kier alpha value is -2.98. The number of para-hydroxylation sites is 1. The van der Waals surface area contributed by atoms with Crippen LogP contribution in [0, 0.1) is 29.1 Å². The normalized spacial score (nSPS) is 32.1. The van der Waals surface area contributed by atoms with Gasteiger partial charge in [0.25, 0.3) is 0 Å². The molecule has 5 aliphatic rings. The van der Waals surface area contributed by atoms with Crippen molar-refractivity contribution in [3.63, 3.8) is 0 Å². The number of rotatable bonds is 9. The lowest BCUT2D eigenvalue weighted by Crippen LogP contribution is -2.53. The van der Waals surface area contributed by atoms with Gasteiger partial charge in [-0.3, -0.25) is 29.2 Å².